The second-order valence-electron chi connectivity index (χ2n) is 17.8. The Labute approximate surface area is 354 Å². The van der Waals surface area contributed by atoms with E-state index in [1.807, 2.05) is 27.2 Å². The van der Waals surface area contributed by atoms with E-state index in [2.05, 4.69) is 31.3 Å². The summed E-state index contributed by atoms with van der Waals surface area (Å²) >= 11 is 0. The van der Waals surface area contributed by atoms with Crippen molar-refractivity contribution in [3.8, 4) is 0 Å². The van der Waals surface area contributed by atoms with Crippen LogP contribution in [-0.2, 0) is 18.4 Å². The normalized spacial score (nSPS) is 14.4. The molecule has 0 aliphatic carbocycles. The van der Waals surface area contributed by atoms with Crippen LogP contribution in [0, 0.1) is 0 Å². The maximum absolute atomic E-state index is 12.9. The van der Waals surface area contributed by atoms with Gasteiger partial charge in [0.25, 0.3) is 0 Å². The highest BCUT2D eigenvalue weighted by Crippen LogP contribution is 2.43. The van der Waals surface area contributed by atoms with Crippen LogP contribution in [0.25, 0.3) is 0 Å². The number of nitrogens with one attached hydrogen (secondary N) is 1. The van der Waals surface area contributed by atoms with Gasteiger partial charge in [-0.1, -0.05) is 212 Å². The molecule has 3 unspecified atom stereocenters. The minimum atomic E-state index is -4.34. The molecule has 9 heteroatoms. The minimum absolute atomic E-state index is 0.0583. The van der Waals surface area contributed by atoms with E-state index in [1.165, 1.54) is 167 Å². The van der Waals surface area contributed by atoms with Crippen LogP contribution in [0.1, 0.15) is 226 Å². The van der Waals surface area contributed by atoms with Gasteiger partial charge in [0, 0.05) is 6.42 Å². The summed E-state index contributed by atoms with van der Waals surface area (Å²) in [7, 11) is 1.56. The number of carbonyl (C=O) groups excluding carboxylic acids is 1. The Hall–Kier alpha value is -1.02. The van der Waals surface area contributed by atoms with Crippen molar-refractivity contribution in [3.63, 3.8) is 0 Å². The highest BCUT2D eigenvalue weighted by Gasteiger charge is 2.27. The second kappa shape index (κ2) is 40.4. The molecule has 0 rings (SSSR count). The fourth-order valence-corrected chi connectivity index (χ4v) is 7.79. The summed E-state index contributed by atoms with van der Waals surface area (Å²) < 4.78 is 23.6. The summed E-state index contributed by atoms with van der Waals surface area (Å²) in [6, 6.07) is -0.858. The SMILES string of the molecule is CCCCCCCCC/C=C/CC/C=C/C(O)C(COP(=O)(O)OCC[N+](C)(C)C)NC(=O)CCCCCCCCCCCCCCCCCCCCCCCC. The number of quaternary nitrogens is 1. The molecule has 0 heterocycles. The van der Waals surface area contributed by atoms with Crippen molar-refractivity contribution in [2.24, 2.45) is 0 Å². The molecule has 3 N–H and O–H groups in total. The molecule has 0 aromatic heterocycles. The van der Waals surface area contributed by atoms with Gasteiger partial charge in [0.05, 0.1) is 39.9 Å². The minimum Gasteiger partial charge on any atom is -0.387 e. The van der Waals surface area contributed by atoms with Crippen LogP contribution in [0.2, 0.25) is 0 Å². The molecule has 3 atom stereocenters. The van der Waals surface area contributed by atoms with E-state index in [9.17, 15) is 19.4 Å². The van der Waals surface area contributed by atoms with Gasteiger partial charge in [-0.05, 0) is 32.1 Å². The molecule has 0 aromatic carbocycles. The molecule has 0 aromatic rings. The predicted octanol–water partition coefficient (Wildman–Crippen LogP) is 13.7. The summed E-state index contributed by atoms with van der Waals surface area (Å²) in [6.45, 7) is 4.80. The molecule has 0 spiro atoms. The molecule has 0 aliphatic heterocycles. The Morgan fingerprint density at radius 3 is 1.40 bits per heavy atom. The van der Waals surface area contributed by atoms with Crippen LogP contribution < -0.4 is 5.32 Å². The Balaban J connectivity index is 4.27. The third-order valence-electron chi connectivity index (χ3n) is 10.9. The van der Waals surface area contributed by atoms with Gasteiger partial charge in [-0.3, -0.25) is 13.8 Å². The Kier molecular flexibility index (Phi) is 39.7. The van der Waals surface area contributed by atoms with Gasteiger partial charge >= 0.3 is 7.82 Å². The molecule has 0 saturated heterocycles. The average Bonchev–Trinajstić information content (AvgIpc) is 3.16. The van der Waals surface area contributed by atoms with E-state index in [0.29, 0.717) is 17.4 Å². The molecule has 8 nitrogen and oxygen atoms in total. The Morgan fingerprint density at radius 2 is 0.965 bits per heavy atom. The second-order valence-corrected chi connectivity index (χ2v) is 19.3. The molecule has 0 bridgehead atoms. The maximum Gasteiger partial charge on any atom is 0.472 e. The highest BCUT2D eigenvalue weighted by atomic mass is 31.2. The summed E-state index contributed by atoms with van der Waals surface area (Å²) in [5, 5.41) is 13.8. The number of phosphoric acid groups is 1. The third kappa shape index (κ3) is 42.9. The lowest BCUT2D eigenvalue weighted by Gasteiger charge is -2.25. The largest absolute Gasteiger partial charge is 0.472 e. The topological polar surface area (TPSA) is 105 Å². The van der Waals surface area contributed by atoms with E-state index in [4.69, 9.17) is 9.05 Å². The maximum atomic E-state index is 12.9. The average molecular weight is 828 g/mol. The van der Waals surface area contributed by atoms with Crippen molar-refractivity contribution in [1.82, 2.24) is 5.32 Å². The smallest absolute Gasteiger partial charge is 0.387 e. The highest BCUT2D eigenvalue weighted by molar-refractivity contribution is 7.47. The number of rotatable bonds is 44. The van der Waals surface area contributed by atoms with Gasteiger partial charge in [-0.2, -0.15) is 0 Å². The standard InChI is InChI=1S/C48H95N2O6P/c1-6-8-10-12-14-16-18-20-21-22-23-24-25-26-27-28-30-32-34-36-38-40-42-48(52)49-46(45-56-57(53,54)55-44-43-50(3,4)5)47(51)41-39-37-35-33-31-29-19-17-15-13-11-9-7-2/h31,33,39,41,46-47,51H,6-30,32,34-38,40,42-45H2,1-5H3,(H-,49,52,53,54)/p+1/b33-31+,41-39+. The molecular weight excluding hydrogens is 732 g/mol. The van der Waals surface area contributed by atoms with Crippen LogP contribution in [-0.4, -0.2) is 73.4 Å². The third-order valence-corrected chi connectivity index (χ3v) is 11.9. The molecule has 57 heavy (non-hydrogen) atoms. The lowest BCUT2D eigenvalue weighted by atomic mass is 10.0. The van der Waals surface area contributed by atoms with Crippen molar-refractivity contribution in [2.75, 3.05) is 40.9 Å². The van der Waals surface area contributed by atoms with E-state index < -0.39 is 20.0 Å². The van der Waals surface area contributed by atoms with Crippen molar-refractivity contribution < 1.29 is 32.9 Å². The quantitative estimate of drug-likeness (QED) is 0.0244. The summed E-state index contributed by atoms with van der Waals surface area (Å²) in [6.07, 6.45) is 48.3. The van der Waals surface area contributed by atoms with Crippen LogP contribution in [0.15, 0.2) is 24.3 Å². The van der Waals surface area contributed by atoms with Crippen LogP contribution >= 0.6 is 7.82 Å². The van der Waals surface area contributed by atoms with Crippen molar-refractivity contribution in [3.05, 3.63) is 24.3 Å². The number of allylic oxidation sites excluding steroid dienone is 3. The first-order chi connectivity index (χ1) is 27.5. The number of unbranched alkanes of at least 4 members (excludes halogenated alkanes) is 29. The number of likely N-dealkylation sites (N-methyl/N-ethyl adjacent to an activating group) is 1. The van der Waals surface area contributed by atoms with E-state index in [-0.39, 0.29) is 19.1 Å². The van der Waals surface area contributed by atoms with E-state index >= 15 is 0 Å². The van der Waals surface area contributed by atoms with Crippen LogP contribution in [0.3, 0.4) is 0 Å². The number of phosphoric ester groups is 1. The number of aliphatic hydroxyl groups excluding tert-OH is 1. The molecule has 0 aliphatic rings. The van der Waals surface area contributed by atoms with Gasteiger partial charge in [0.2, 0.25) is 5.91 Å². The Bertz CT molecular complexity index is 984. The molecule has 338 valence electrons. The number of carbonyl (C=O) groups is 1. The number of aliphatic hydroxyl groups is 1. The lowest BCUT2D eigenvalue weighted by molar-refractivity contribution is -0.870. The predicted molar refractivity (Wildman–Crippen MR) is 245 cm³/mol. The van der Waals surface area contributed by atoms with Gasteiger partial charge in [-0.15, -0.1) is 0 Å². The number of amides is 1. The first-order valence-electron chi connectivity index (χ1n) is 24.2. The number of hydrogen-bond acceptors (Lipinski definition) is 5. The van der Waals surface area contributed by atoms with Gasteiger partial charge in [-0.25, -0.2) is 4.57 Å². The zero-order chi connectivity index (χ0) is 42.1. The first-order valence-corrected chi connectivity index (χ1v) is 25.7. The fourth-order valence-electron chi connectivity index (χ4n) is 7.06. The monoisotopic (exact) mass is 828 g/mol. The van der Waals surface area contributed by atoms with E-state index in [0.717, 1.165) is 38.5 Å². The molecule has 0 radical (unpaired) electrons. The summed E-state index contributed by atoms with van der Waals surface area (Å²) in [5.74, 6) is -0.184. The van der Waals surface area contributed by atoms with Crippen molar-refractivity contribution >= 4 is 13.7 Å². The molecule has 0 saturated carbocycles. The number of hydrogen-bond donors (Lipinski definition) is 3. The van der Waals surface area contributed by atoms with Gasteiger partial charge in [0.15, 0.2) is 0 Å². The fraction of sp³-hybridized carbons (Fsp3) is 0.896. The first kappa shape index (κ1) is 56.0. The summed E-state index contributed by atoms with van der Waals surface area (Å²) in [5.41, 5.74) is 0. The molecule has 0 fully saturated rings. The summed E-state index contributed by atoms with van der Waals surface area (Å²) in [4.78, 5) is 23.1. The van der Waals surface area contributed by atoms with Crippen molar-refractivity contribution in [1.29, 1.82) is 0 Å². The van der Waals surface area contributed by atoms with Gasteiger partial charge in [0.1, 0.15) is 13.2 Å². The molecule has 1 amide bonds. The zero-order valence-corrected chi connectivity index (χ0v) is 39.2. The number of nitrogens with zero attached hydrogens (tertiary/aromatic N) is 1. The van der Waals surface area contributed by atoms with Crippen LogP contribution in [0.5, 0.6) is 0 Å². The Morgan fingerprint density at radius 1 is 0.579 bits per heavy atom. The van der Waals surface area contributed by atoms with E-state index in [1.54, 1.807) is 6.08 Å². The lowest BCUT2D eigenvalue weighted by Crippen LogP contribution is -2.45. The molecular formula is C48H96N2O6P+. The van der Waals surface area contributed by atoms with Crippen LogP contribution in [0.4, 0.5) is 0 Å². The van der Waals surface area contributed by atoms with Crippen molar-refractivity contribution in [2.45, 2.75) is 238 Å². The zero-order valence-electron chi connectivity index (χ0n) is 38.3. The van der Waals surface area contributed by atoms with Gasteiger partial charge < -0.3 is 19.8 Å².